The molecular formula is C33H58NO7P. The first kappa shape index (κ1) is 40.2. The molecule has 9 heteroatoms. The molecular weight excluding hydrogens is 553 g/mol. The first-order valence-corrected chi connectivity index (χ1v) is 17.3. The molecule has 0 radical (unpaired) electrons. The van der Waals surface area contributed by atoms with Gasteiger partial charge < -0.3 is 20.5 Å². The third-order valence-electron chi connectivity index (χ3n) is 6.15. The van der Waals surface area contributed by atoms with Crippen molar-refractivity contribution < 1.29 is 33.1 Å². The van der Waals surface area contributed by atoms with Crippen LogP contribution in [0.15, 0.2) is 60.8 Å². The van der Waals surface area contributed by atoms with E-state index in [-0.39, 0.29) is 19.8 Å². The molecule has 0 aliphatic rings. The molecule has 4 N–H and O–H groups in total. The Labute approximate surface area is 255 Å². The predicted molar refractivity (Wildman–Crippen MR) is 173 cm³/mol. The molecule has 0 aliphatic heterocycles. The van der Waals surface area contributed by atoms with E-state index in [9.17, 15) is 19.4 Å². The summed E-state index contributed by atoms with van der Waals surface area (Å²) in [5, 5.41) is 9.73. The summed E-state index contributed by atoms with van der Waals surface area (Å²) in [6, 6.07) is 0. The number of phosphoric acid groups is 1. The van der Waals surface area contributed by atoms with E-state index >= 15 is 0 Å². The molecule has 0 heterocycles. The molecule has 42 heavy (non-hydrogen) atoms. The molecule has 0 aromatic carbocycles. The summed E-state index contributed by atoms with van der Waals surface area (Å²) in [6.07, 6.45) is 37.9. The molecule has 2 atom stereocenters. The average Bonchev–Trinajstić information content (AvgIpc) is 2.98. The van der Waals surface area contributed by atoms with Crippen molar-refractivity contribution in [2.75, 3.05) is 26.4 Å². The van der Waals surface area contributed by atoms with Gasteiger partial charge in [0.25, 0.3) is 0 Å². The predicted octanol–water partition coefficient (Wildman–Crippen LogP) is 8.03. The number of aliphatic hydroxyl groups is 1. The number of carbonyl (C=O) groups is 1. The van der Waals surface area contributed by atoms with Gasteiger partial charge >= 0.3 is 13.8 Å². The summed E-state index contributed by atoms with van der Waals surface area (Å²) in [4.78, 5) is 21.1. The molecule has 0 bridgehead atoms. The van der Waals surface area contributed by atoms with Crippen LogP contribution in [0.25, 0.3) is 0 Å². The van der Waals surface area contributed by atoms with E-state index in [1.807, 2.05) is 0 Å². The summed E-state index contributed by atoms with van der Waals surface area (Å²) in [6.45, 7) is 1.32. The van der Waals surface area contributed by atoms with Gasteiger partial charge in [0, 0.05) is 13.0 Å². The molecule has 0 saturated heterocycles. The summed E-state index contributed by atoms with van der Waals surface area (Å²) in [5.74, 6) is -0.395. The Morgan fingerprint density at radius 3 is 1.71 bits per heavy atom. The van der Waals surface area contributed by atoms with Crippen molar-refractivity contribution in [3.8, 4) is 0 Å². The van der Waals surface area contributed by atoms with Gasteiger partial charge in [-0.2, -0.15) is 0 Å². The Morgan fingerprint density at radius 2 is 1.19 bits per heavy atom. The normalized spacial score (nSPS) is 14.7. The number of esters is 1. The van der Waals surface area contributed by atoms with Gasteiger partial charge in [0.15, 0.2) is 0 Å². The summed E-state index contributed by atoms with van der Waals surface area (Å²) in [7, 11) is -4.25. The van der Waals surface area contributed by atoms with E-state index in [1.54, 1.807) is 0 Å². The number of nitrogens with two attached hydrogens (primary N) is 1. The minimum atomic E-state index is -4.25. The van der Waals surface area contributed by atoms with Crippen molar-refractivity contribution in [2.24, 2.45) is 5.73 Å². The Bertz CT molecular complexity index is 823. The monoisotopic (exact) mass is 611 g/mol. The van der Waals surface area contributed by atoms with Crippen LogP contribution in [0.1, 0.15) is 110 Å². The third kappa shape index (κ3) is 31.1. The highest BCUT2D eigenvalue weighted by Crippen LogP contribution is 2.42. The number of unbranched alkanes of at least 4 members (excludes halogenated alkanes) is 9. The molecule has 0 rings (SSSR count). The van der Waals surface area contributed by atoms with Crippen molar-refractivity contribution in [2.45, 2.75) is 116 Å². The summed E-state index contributed by atoms with van der Waals surface area (Å²) >= 11 is 0. The molecule has 0 amide bonds. The second-order valence-electron chi connectivity index (χ2n) is 10.2. The fourth-order valence-corrected chi connectivity index (χ4v) is 4.60. The van der Waals surface area contributed by atoms with E-state index < -0.39 is 26.5 Å². The molecule has 0 aliphatic carbocycles. The number of aliphatic hydroxyl groups excluding tert-OH is 1. The number of carbonyl (C=O) groups excluding carboxylic acids is 1. The largest absolute Gasteiger partial charge is 0.472 e. The van der Waals surface area contributed by atoms with Crippen molar-refractivity contribution in [3.05, 3.63) is 60.8 Å². The maximum atomic E-state index is 11.8. The van der Waals surface area contributed by atoms with Gasteiger partial charge in [-0.15, -0.1) is 0 Å². The van der Waals surface area contributed by atoms with Crippen LogP contribution in [0.2, 0.25) is 0 Å². The Balaban J connectivity index is 3.48. The molecule has 2 unspecified atom stereocenters. The van der Waals surface area contributed by atoms with Crippen LogP contribution in [0.3, 0.4) is 0 Å². The zero-order valence-electron chi connectivity index (χ0n) is 26.0. The minimum Gasteiger partial charge on any atom is -0.463 e. The lowest BCUT2D eigenvalue weighted by Gasteiger charge is -2.15. The third-order valence-corrected chi connectivity index (χ3v) is 7.13. The van der Waals surface area contributed by atoms with E-state index in [0.717, 1.165) is 57.8 Å². The zero-order chi connectivity index (χ0) is 31.0. The molecule has 0 spiro atoms. The van der Waals surface area contributed by atoms with Crippen LogP contribution in [-0.2, 0) is 23.1 Å². The lowest BCUT2D eigenvalue weighted by Crippen LogP contribution is -2.23. The summed E-state index contributed by atoms with van der Waals surface area (Å²) < 4.78 is 25.6. The van der Waals surface area contributed by atoms with Crippen LogP contribution in [-0.4, -0.2) is 48.4 Å². The second kappa shape index (κ2) is 30.7. The van der Waals surface area contributed by atoms with Gasteiger partial charge in [-0.25, -0.2) is 4.57 Å². The fourth-order valence-electron chi connectivity index (χ4n) is 3.83. The van der Waals surface area contributed by atoms with E-state index in [4.69, 9.17) is 10.5 Å². The van der Waals surface area contributed by atoms with Gasteiger partial charge in [-0.05, 0) is 51.4 Å². The number of phosphoric ester groups is 1. The lowest BCUT2D eigenvalue weighted by molar-refractivity contribution is -0.147. The zero-order valence-corrected chi connectivity index (χ0v) is 26.8. The van der Waals surface area contributed by atoms with Crippen LogP contribution < -0.4 is 5.73 Å². The standard InChI is InChI=1S/C33H58NO7P/c1-2-3-4-5-6-7-8-9-10-11-12-13-14-15-16-17-18-19-20-21-22-23-24-25-26-27-33(36)39-30-32(35)31-41-42(37,38)40-29-28-34/h3-4,6-7,9-10,12-13,15-16,32,35H,2,5,8,11,14,17-31,34H2,1H3,(H,37,38)/b4-3-,7-6-,10-9-,13-12-,16-15-. The van der Waals surface area contributed by atoms with Gasteiger partial charge in [0.05, 0.1) is 13.2 Å². The number of hydrogen-bond acceptors (Lipinski definition) is 7. The van der Waals surface area contributed by atoms with Crippen molar-refractivity contribution in [1.29, 1.82) is 0 Å². The van der Waals surface area contributed by atoms with Crippen molar-refractivity contribution >= 4 is 13.8 Å². The van der Waals surface area contributed by atoms with Crippen molar-refractivity contribution in [1.82, 2.24) is 0 Å². The first-order chi connectivity index (χ1) is 20.4. The van der Waals surface area contributed by atoms with E-state index in [2.05, 4.69) is 76.7 Å². The Kier molecular flexibility index (Phi) is 29.3. The van der Waals surface area contributed by atoms with Gasteiger partial charge in [0.1, 0.15) is 12.7 Å². The number of rotatable bonds is 29. The molecule has 0 saturated carbocycles. The summed E-state index contributed by atoms with van der Waals surface area (Å²) in [5.41, 5.74) is 5.18. The quantitative estimate of drug-likeness (QED) is 0.0336. The van der Waals surface area contributed by atoms with E-state index in [1.165, 1.54) is 38.5 Å². The Morgan fingerprint density at radius 1 is 0.714 bits per heavy atom. The Hall–Kier alpha value is -1.80. The fraction of sp³-hybridized carbons (Fsp3) is 0.667. The second-order valence-corrected chi connectivity index (χ2v) is 11.6. The topological polar surface area (TPSA) is 128 Å². The van der Waals surface area contributed by atoms with Crippen LogP contribution in [0, 0.1) is 0 Å². The number of ether oxygens (including phenoxy) is 1. The highest BCUT2D eigenvalue weighted by Gasteiger charge is 2.22. The lowest BCUT2D eigenvalue weighted by atomic mass is 10.1. The SMILES string of the molecule is CC/C=C\C/C=C\C/C=C\C/C=C\C/C=C\CCCCCCCCCCCC(=O)OCC(O)COP(=O)(O)OCCN. The highest BCUT2D eigenvalue weighted by molar-refractivity contribution is 7.47. The average molecular weight is 612 g/mol. The first-order valence-electron chi connectivity index (χ1n) is 15.8. The molecule has 0 aromatic rings. The van der Waals surface area contributed by atoms with Crippen LogP contribution in [0.5, 0.6) is 0 Å². The highest BCUT2D eigenvalue weighted by atomic mass is 31.2. The van der Waals surface area contributed by atoms with Crippen LogP contribution >= 0.6 is 7.82 Å². The maximum Gasteiger partial charge on any atom is 0.472 e. The number of allylic oxidation sites excluding steroid dienone is 10. The van der Waals surface area contributed by atoms with Crippen molar-refractivity contribution in [3.63, 3.8) is 0 Å². The molecule has 0 aromatic heterocycles. The number of hydrogen-bond donors (Lipinski definition) is 3. The maximum absolute atomic E-state index is 11.8. The molecule has 8 nitrogen and oxygen atoms in total. The molecule has 242 valence electrons. The van der Waals surface area contributed by atoms with Gasteiger partial charge in [-0.1, -0.05) is 113 Å². The van der Waals surface area contributed by atoms with Gasteiger partial charge in [-0.3, -0.25) is 13.8 Å². The van der Waals surface area contributed by atoms with Crippen LogP contribution in [0.4, 0.5) is 0 Å². The smallest absolute Gasteiger partial charge is 0.463 e. The molecule has 0 fully saturated rings. The van der Waals surface area contributed by atoms with E-state index in [0.29, 0.717) is 6.42 Å². The minimum absolute atomic E-state index is 0.0705. The van der Waals surface area contributed by atoms with Gasteiger partial charge in [0.2, 0.25) is 0 Å².